The maximum absolute atomic E-state index is 10.9. The molecule has 204 valence electrons. The van der Waals surface area contributed by atoms with Gasteiger partial charge in [0, 0.05) is 51.5 Å². The molecule has 0 aliphatic carbocycles. The number of aromatic carboxylic acids is 1. The van der Waals surface area contributed by atoms with E-state index in [0.717, 1.165) is 78.0 Å². The third kappa shape index (κ3) is 7.03. The third-order valence-corrected chi connectivity index (χ3v) is 7.76. The zero-order valence-electron chi connectivity index (χ0n) is 21.9. The molecule has 0 radical (unpaired) electrons. The topological polar surface area (TPSA) is 97.2 Å². The van der Waals surface area contributed by atoms with Crippen LogP contribution >= 0.6 is 11.3 Å². The highest BCUT2D eigenvalue weighted by atomic mass is 32.1. The zero-order valence-corrected chi connectivity index (χ0v) is 22.7. The number of fused-ring (bicyclic) bond motifs is 1. The molecule has 4 aromatic rings. The van der Waals surface area contributed by atoms with Gasteiger partial charge in [-0.1, -0.05) is 12.1 Å². The van der Waals surface area contributed by atoms with Crippen molar-refractivity contribution in [2.75, 3.05) is 59.6 Å². The van der Waals surface area contributed by atoms with E-state index in [4.69, 9.17) is 24.3 Å². The number of ether oxygens (including phenoxy) is 3. The number of benzene rings is 2. The molecule has 10 heteroatoms. The minimum absolute atomic E-state index is 0.156. The van der Waals surface area contributed by atoms with E-state index < -0.39 is 5.97 Å². The van der Waals surface area contributed by atoms with Crippen molar-refractivity contribution in [1.82, 2.24) is 19.8 Å². The van der Waals surface area contributed by atoms with Crippen LogP contribution in [0.2, 0.25) is 0 Å². The van der Waals surface area contributed by atoms with E-state index in [0.29, 0.717) is 19.1 Å². The molecule has 1 aliphatic rings. The molecule has 5 rings (SSSR count). The first kappa shape index (κ1) is 26.9. The van der Waals surface area contributed by atoms with Gasteiger partial charge in [0.15, 0.2) is 0 Å². The van der Waals surface area contributed by atoms with Gasteiger partial charge in [-0.05, 0) is 42.8 Å². The summed E-state index contributed by atoms with van der Waals surface area (Å²) in [5.41, 5.74) is 2.10. The average Bonchev–Trinajstić information content (AvgIpc) is 3.41. The number of piperazine rings is 1. The Morgan fingerprint density at radius 1 is 0.974 bits per heavy atom. The van der Waals surface area contributed by atoms with Crippen LogP contribution in [-0.2, 0) is 0 Å². The number of para-hydroxylation sites is 1. The van der Waals surface area contributed by atoms with Gasteiger partial charge in [-0.2, -0.15) is 0 Å². The van der Waals surface area contributed by atoms with Crippen LogP contribution in [0.5, 0.6) is 17.4 Å². The van der Waals surface area contributed by atoms with Crippen LogP contribution in [0, 0.1) is 0 Å². The smallest absolute Gasteiger partial charge is 0.337 e. The molecule has 1 aliphatic heterocycles. The third-order valence-electron chi connectivity index (χ3n) is 6.69. The highest BCUT2D eigenvalue weighted by Gasteiger charge is 2.18. The Balaban J connectivity index is 1.05. The summed E-state index contributed by atoms with van der Waals surface area (Å²) in [5.74, 6) is 1.06. The number of hydrogen-bond donors (Lipinski definition) is 1. The van der Waals surface area contributed by atoms with Crippen molar-refractivity contribution in [1.29, 1.82) is 0 Å². The summed E-state index contributed by atoms with van der Waals surface area (Å²) in [6.07, 6.45) is 2.20. The maximum atomic E-state index is 10.9. The second-order valence-electron chi connectivity index (χ2n) is 9.27. The van der Waals surface area contributed by atoms with Gasteiger partial charge in [-0.3, -0.25) is 4.90 Å². The van der Waals surface area contributed by atoms with E-state index in [1.807, 2.05) is 36.4 Å². The highest BCUT2D eigenvalue weighted by molar-refractivity contribution is 7.21. The Kier molecular flexibility index (Phi) is 8.87. The number of hydrogen-bond acceptors (Lipinski definition) is 9. The number of methoxy groups -OCH3 is 1. The fraction of sp³-hybridized carbons (Fsp3) is 0.345. The summed E-state index contributed by atoms with van der Waals surface area (Å²) in [6, 6.07) is 17.1. The van der Waals surface area contributed by atoms with E-state index in [9.17, 15) is 4.79 Å². The normalized spacial score (nSPS) is 14.4. The molecule has 0 bridgehead atoms. The van der Waals surface area contributed by atoms with Crippen molar-refractivity contribution in [3.8, 4) is 28.0 Å². The summed E-state index contributed by atoms with van der Waals surface area (Å²) in [5, 5.41) is 9.87. The summed E-state index contributed by atoms with van der Waals surface area (Å²) < 4.78 is 18.5. The summed E-state index contributed by atoms with van der Waals surface area (Å²) in [6.45, 7) is 6.97. The van der Waals surface area contributed by atoms with Gasteiger partial charge >= 0.3 is 5.97 Å². The predicted octanol–water partition coefficient (Wildman–Crippen LogP) is 4.53. The lowest BCUT2D eigenvalue weighted by Gasteiger charge is -2.34. The lowest BCUT2D eigenvalue weighted by Crippen LogP contribution is -2.47. The molecule has 0 amide bonds. The molecule has 1 N–H and O–H groups in total. The van der Waals surface area contributed by atoms with Gasteiger partial charge in [0.25, 0.3) is 0 Å². The highest BCUT2D eigenvalue weighted by Crippen LogP contribution is 2.38. The molecule has 1 saturated heterocycles. The molecule has 2 aromatic carbocycles. The lowest BCUT2D eigenvalue weighted by atomic mass is 10.2. The molecule has 9 nitrogen and oxygen atoms in total. The standard InChI is InChI=1S/C29H32N4O5S/c1-36-22-8-9-25(23(19-22)28-31-24-5-2-3-6-26(24)39-28)37-18-16-33-14-12-32(13-15-33)11-4-17-38-27-10-7-21(20-30-27)29(34)35/h2-3,5-10,19-20H,4,11-18H2,1H3,(H,34,35). The average molecular weight is 549 g/mol. The molecule has 39 heavy (non-hydrogen) atoms. The minimum atomic E-state index is -0.991. The van der Waals surface area contributed by atoms with Gasteiger partial charge in [0.1, 0.15) is 23.1 Å². The number of aromatic nitrogens is 2. The lowest BCUT2D eigenvalue weighted by molar-refractivity contribution is 0.0696. The van der Waals surface area contributed by atoms with Crippen molar-refractivity contribution < 1.29 is 24.1 Å². The molecule has 0 spiro atoms. The maximum Gasteiger partial charge on any atom is 0.337 e. The predicted molar refractivity (Wildman–Crippen MR) is 151 cm³/mol. The van der Waals surface area contributed by atoms with E-state index in [1.54, 1.807) is 24.5 Å². The van der Waals surface area contributed by atoms with E-state index in [1.165, 1.54) is 12.3 Å². The Hall–Kier alpha value is -3.73. The van der Waals surface area contributed by atoms with Crippen LogP contribution in [0.15, 0.2) is 60.8 Å². The van der Waals surface area contributed by atoms with Gasteiger partial charge in [-0.15, -0.1) is 11.3 Å². The van der Waals surface area contributed by atoms with E-state index >= 15 is 0 Å². The fourth-order valence-electron chi connectivity index (χ4n) is 4.49. The summed E-state index contributed by atoms with van der Waals surface area (Å²) in [7, 11) is 1.67. The first-order valence-corrected chi connectivity index (χ1v) is 13.8. The number of nitrogens with zero attached hydrogens (tertiary/aromatic N) is 4. The Bertz CT molecular complexity index is 1350. The molecule has 0 atom stereocenters. The fourth-order valence-corrected chi connectivity index (χ4v) is 5.48. The molecule has 3 heterocycles. The van der Waals surface area contributed by atoms with Crippen molar-refractivity contribution in [3.05, 3.63) is 66.4 Å². The Morgan fingerprint density at radius 2 is 1.77 bits per heavy atom. The molecule has 2 aromatic heterocycles. The molecule has 0 unspecified atom stereocenters. The second-order valence-corrected chi connectivity index (χ2v) is 10.3. The summed E-state index contributed by atoms with van der Waals surface area (Å²) in [4.78, 5) is 24.6. The van der Waals surface area contributed by atoms with Crippen molar-refractivity contribution in [3.63, 3.8) is 0 Å². The number of carboxylic acids is 1. The second kappa shape index (κ2) is 12.9. The van der Waals surface area contributed by atoms with Crippen LogP contribution in [0.25, 0.3) is 20.8 Å². The number of carboxylic acid groups (broad SMARTS) is 1. The molecule has 1 fully saturated rings. The van der Waals surface area contributed by atoms with Gasteiger partial charge < -0.3 is 24.2 Å². The van der Waals surface area contributed by atoms with Crippen molar-refractivity contribution >= 4 is 27.5 Å². The molecule has 0 saturated carbocycles. The van der Waals surface area contributed by atoms with Crippen LogP contribution < -0.4 is 14.2 Å². The Labute approximate surface area is 231 Å². The minimum Gasteiger partial charge on any atom is -0.497 e. The first-order chi connectivity index (χ1) is 19.1. The zero-order chi connectivity index (χ0) is 27.0. The number of rotatable bonds is 12. The molecular formula is C29H32N4O5S. The van der Waals surface area contributed by atoms with Crippen molar-refractivity contribution in [2.24, 2.45) is 0 Å². The summed E-state index contributed by atoms with van der Waals surface area (Å²) >= 11 is 1.66. The first-order valence-electron chi connectivity index (χ1n) is 13.0. The number of thiazole rings is 1. The quantitative estimate of drug-likeness (QED) is 0.256. The van der Waals surface area contributed by atoms with Crippen LogP contribution in [0.3, 0.4) is 0 Å². The molecular weight excluding hydrogens is 516 g/mol. The van der Waals surface area contributed by atoms with Gasteiger partial charge in [0.2, 0.25) is 5.88 Å². The van der Waals surface area contributed by atoms with E-state index in [2.05, 4.69) is 20.9 Å². The SMILES string of the molecule is COc1ccc(OCCN2CCN(CCCOc3ccc(C(=O)O)cn3)CC2)c(-c2nc3ccccc3s2)c1. The van der Waals surface area contributed by atoms with Crippen LogP contribution in [0.1, 0.15) is 16.8 Å². The monoisotopic (exact) mass is 548 g/mol. The van der Waals surface area contributed by atoms with Crippen LogP contribution in [-0.4, -0.2) is 90.4 Å². The van der Waals surface area contributed by atoms with E-state index in [-0.39, 0.29) is 5.56 Å². The Morgan fingerprint density at radius 3 is 2.49 bits per heavy atom. The van der Waals surface area contributed by atoms with Crippen LogP contribution in [0.4, 0.5) is 0 Å². The van der Waals surface area contributed by atoms with Gasteiger partial charge in [0.05, 0.1) is 35.1 Å². The van der Waals surface area contributed by atoms with Crippen molar-refractivity contribution in [2.45, 2.75) is 6.42 Å². The number of pyridine rings is 1. The largest absolute Gasteiger partial charge is 0.497 e. The number of carbonyl (C=O) groups is 1. The van der Waals surface area contributed by atoms with Gasteiger partial charge in [-0.25, -0.2) is 14.8 Å².